The first-order valence-corrected chi connectivity index (χ1v) is 7.89. The molecule has 7 heteroatoms. The van der Waals surface area contributed by atoms with Gasteiger partial charge in [0.2, 0.25) is 10.0 Å². The summed E-state index contributed by atoms with van der Waals surface area (Å²) in [5.41, 5.74) is 1.44. The van der Waals surface area contributed by atoms with Gasteiger partial charge in [-0.15, -0.1) is 0 Å². The van der Waals surface area contributed by atoms with Crippen molar-refractivity contribution in [2.75, 3.05) is 0 Å². The van der Waals surface area contributed by atoms with Crippen LogP contribution in [0.5, 0.6) is 0 Å². The number of hydrogen-bond acceptors (Lipinski definition) is 5. The molecule has 2 aromatic rings. The highest BCUT2D eigenvalue weighted by Gasteiger charge is 2.14. The van der Waals surface area contributed by atoms with Crippen LogP contribution in [0.15, 0.2) is 36.5 Å². The zero-order chi connectivity index (χ0) is 15.3. The molecule has 0 aliphatic carbocycles. The molecule has 0 spiro atoms. The maximum absolute atomic E-state index is 12.1. The van der Waals surface area contributed by atoms with E-state index in [1.165, 1.54) is 0 Å². The first kappa shape index (κ1) is 15.1. The number of sulfonamides is 1. The summed E-state index contributed by atoms with van der Waals surface area (Å²) in [5, 5.41) is 8.97. The first-order chi connectivity index (χ1) is 10.00. The van der Waals surface area contributed by atoms with E-state index in [4.69, 9.17) is 5.26 Å². The standard InChI is InChI=1S/C14H14N4O2S/c1-11-16-7-6-14(18-11)9-17-21(19,20)10-13-5-3-2-4-12(13)8-15/h2-7,17H,9-10H2,1H3. The molecule has 108 valence electrons. The van der Waals surface area contributed by atoms with E-state index in [0.717, 1.165) is 0 Å². The van der Waals surface area contributed by atoms with Gasteiger partial charge in [0.25, 0.3) is 0 Å². The maximum atomic E-state index is 12.1. The van der Waals surface area contributed by atoms with Gasteiger partial charge in [-0.25, -0.2) is 23.1 Å². The molecule has 0 amide bonds. The van der Waals surface area contributed by atoms with Crippen molar-refractivity contribution in [3.05, 3.63) is 59.2 Å². The molecule has 1 aromatic carbocycles. The van der Waals surface area contributed by atoms with E-state index >= 15 is 0 Å². The van der Waals surface area contributed by atoms with Crippen molar-refractivity contribution in [3.63, 3.8) is 0 Å². The number of aryl methyl sites for hydroxylation is 1. The van der Waals surface area contributed by atoms with Gasteiger partial charge in [-0.1, -0.05) is 18.2 Å². The van der Waals surface area contributed by atoms with E-state index in [-0.39, 0.29) is 12.3 Å². The lowest BCUT2D eigenvalue weighted by molar-refractivity contribution is 0.579. The molecule has 0 aliphatic rings. The van der Waals surface area contributed by atoms with Crippen molar-refractivity contribution < 1.29 is 8.42 Å². The maximum Gasteiger partial charge on any atom is 0.216 e. The molecule has 0 fully saturated rings. The summed E-state index contributed by atoms with van der Waals surface area (Å²) in [5.74, 6) is 0.349. The fourth-order valence-electron chi connectivity index (χ4n) is 1.80. The number of benzene rings is 1. The van der Waals surface area contributed by atoms with Crippen molar-refractivity contribution in [2.24, 2.45) is 0 Å². The van der Waals surface area contributed by atoms with Crippen molar-refractivity contribution in [1.82, 2.24) is 14.7 Å². The van der Waals surface area contributed by atoms with Gasteiger partial charge < -0.3 is 0 Å². The Bertz CT molecular complexity index is 782. The highest BCUT2D eigenvalue weighted by atomic mass is 32.2. The summed E-state index contributed by atoms with van der Waals surface area (Å²) in [6, 6.07) is 10.3. The van der Waals surface area contributed by atoms with Crippen LogP contribution in [0.4, 0.5) is 0 Å². The normalized spacial score (nSPS) is 11.0. The van der Waals surface area contributed by atoms with Crippen LogP contribution in [0.2, 0.25) is 0 Å². The summed E-state index contributed by atoms with van der Waals surface area (Å²) >= 11 is 0. The van der Waals surface area contributed by atoms with Gasteiger partial charge in [0.1, 0.15) is 5.82 Å². The van der Waals surface area contributed by atoms with Crippen molar-refractivity contribution in [3.8, 4) is 6.07 Å². The predicted molar refractivity (Wildman–Crippen MR) is 77.4 cm³/mol. The zero-order valence-electron chi connectivity index (χ0n) is 11.4. The van der Waals surface area contributed by atoms with Crippen LogP contribution in [0.25, 0.3) is 0 Å². The molecular formula is C14H14N4O2S. The highest BCUT2D eigenvalue weighted by molar-refractivity contribution is 7.88. The largest absolute Gasteiger partial charge is 0.242 e. The summed E-state index contributed by atoms with van der Waals surface area (Å²) < 4.78 is 26.6. The quantitative estimate of drug-likeness (QED) is 0.897. The molecule has 0 bridgehead atoms. The van der Waals surface area contributed by atoms with E-state index in [0.29, 0.717) is 22.6 Å². The Morgan fingerprint density at radius 2 is 2.05 bits per heavy atom. The first-order valence-electron chi connectivity index (χ1n) is 6.24. The van der Waals surface area contributed by atoms with E-state index in [2.05, 4.69) is 14.7 Å². The summed E-state index contributed by atoms with van der Waals surface area (Å²) in [7, 11) is -3.54. The average molecular weight is 302 g/mol. The van der Waals surface area contributed by atoms with Gasteiger partial charge >= 0.3 is 0 Å². The molecule has 6 nitrogen and oxygen atoms in total. The topological polar surface area (TPSA) is 95.7 Å². The number of nitrogens with one attached hydrogen (secondary N) is 1. The Hall–Kier alpha value is -2.30. The fraction of sp³-hybridized carbons (Fsp3) is 0.214. The van der Waals surface area contributed by atoms with Crippen LogP contribution >= 0.6 is 0 Å². The van der Waals surface area contributed by atoms with Crippen LogP contribution in [0.3, 0.4) is 0 Å². The lowest BCUT2D eigenvalue weighted by Crippen LogP contribution is -2.25. The monoisotopic (exact) mass is 302 g/mol. The van der Waals surface area contributed by atoms with Gasteiger partial charge in [-0.3, -0.25) is 0 Å². The molecule has 1 heterocycles. The second-order valence-corrected chi connectivity index (χ2v) is 6.25. The average Bonchev–Trinajstić information content (AvgIpc) is 2.46. The third-order valence-corrected chi connectivity index (χ3v) is 4.07. The minimum atomic E-state index is -3.54. The molecule has 21 heavy (non-hydrogen) atoms. The molecule has 1 N–H and O–H groups in total. The van der Waals surface area contributed by atoms with E-state index in [1.54, 1.807) is 43.5 Å². The molecule has 0 radical (unpaired) electrons. The van der Waals surface area contributed by atoms with E-state index in [1.807, 2.05) is 6.07 Å². The second kappa shape index (κ2) is 6.43. The highest BCUT2D eigenvalue weighted by Crippen LogP contribution is 2.11. The van der Waals surface area contributed by atoms with Crippen LogP contribution in [-0.2, 0) is 22.3 Å². The number of aromatic nitrogens is 2. The predicted octanol–water partition coefficient (Wildman–Crippen LogP) is 1.28. The molecule has 1 aromatic heterocycles. The third-order valence-electron chi connectivity index (χ3n) is 2.79. The van der Waals surface area contributed by atoms with Gasteiger partial charge in [-0.05, 0) is 24.6 Å². The number of hydrogen-bond donors (Lipinski definition) is 1. The van der Waals surface area contributed by atoms with Gasteiger partial charge in [0.15, 0.2) is 0 Å². The van der Waals surface area contributed by atoms with Gasteiger partial charge in [0.05, 0.1) is 29.6 Å². The number of rotatable bonds is 5. The van der Waals surface area contributed by atoms with Crippen molar-refractivity contribution >= 4 is 10.0 Å². The van der Waals surface area contributed by atoms with Gasteiger partial charge in [0, 0.05) is 6.20 Å². The van der Waals surface area contributed by atoms with Crippen LogP contribution in [0.1, 0.15) is 22.6 Å². The zero-order valence-corrected chi connectivity index (χ0v) is 12.3. The molecule has 0 unspecified atom stereocenters. The van der Waals surface area contributed by atoms with Crippen molar-refractivity contribution in [1.29, 1.82) is 5.26 Å². The molecule has 0 saturated carbocycles. The Morgan fingerprint density at radius 1 is 1.29 bits per heavy atom. The summed E-state index contributed by atoms with van der Waals surface area (Å²) in [6.45, 7) is 1.83. The van der Waals surface area contributed by atoms with E-state index < -0.39 is 10.0 Å². The minimum Gasteiger partial charge on any atom is -0.242 e. The Labute approximate surface area is 123 Å². The number of nitriles is 1. The third kappa shape index (κ3) is 4.34. The fourth-order valence-corrected chi connectivity index (χ4v) is 2.93. The molecule has 0 atom stereocenters. The summed E-state index contributed by atoms with van der Waals surface area (Å²) in [4.78, 5) is 8.08. The minimum absolute atomic E-state index is 0.0976. The lowest BCUT2D eigenvalue weighted by Gasteiger charge is -2.07. The Kier molecular flexibility index (Phi) is 4.62. The number of nitrogens with zero attached hydrogens (tertiary/aromatic N) is 3. The second-order valence-electron chi connectivity index (χ2n) is 4.44. The van der Waals surface area contributed by atoms with Crippen LogP contribution < -0.4 is 4.72 Å². The molecule has 0 aliphatic heterocycles. The van der Waals surface area contributed by atoms with Crippen molar-refractivity contribution in [2.45, 2.75) is 19.2 Å². The lowest BCUT2D eigenvalue weighted by atomic mass is 10.1. The summed E-state index contributed by atoms with van der Waals surface area (Å²) in [6.07, 6.45) is 1.58. The van der Waals surface area contributed by atoms with Gasteiger partial charge in [-0.2, -0.15) is 5.26 Å². The van der Waals surface area contributed by atoms with E-state index in [9.17, 15) is 8.42 Å². The van der Waals surface area contributed by atoms with Crippen LogP contribution in [-0.4, -0.2) is 18.4 Å². The van der Waals surface area contributed by atoms with Crippen LogP contribution in [0, 0.1) is 18.3 Å². The molecular weight excluding hydrogens is 288 g/mol. The SMILES string of the molecule is Cc1nccc(CNS(=O)(=O)Cc2ccccc2C#N)n1. The molecule has 2 rings (SSSR count). The Balaban J connectivity index is 2.07. The smallest absolute Gasteiger partial charge is 0.216 e. The molecule has 0 saturated heterocycles. The Morgan fingerprint density at radius 3 is 2.76 bits per heavy atom.